The number of aromatic nitrogens is 23. The molecule has 1 unspecified atom stereocenters. The number of nitrogens with one attached hydrogen (secondary N) is 15. The number of fused-ring (bicyclic) bond motifs is 23. The molecular formula is C99H110N38O12. The zero-order chi connectivity index (χ0) is 104. The number of carbonyl (C=O) groups excluding carboxylic acids is 5. The number of anilines is 15. The summed E-state index contributed by atoms with van der Waals surface area (Å²) in [6.07, 6.45) is 11.0. The lowest BCUT2D eigenvalue weighted by atomic mass is 10.1. The Kier molecular flexibility index (Phi) is 27.5. The van der Waals surface area contributed by atoms with Crippen molar-refractivity contribution in [3.05, 3.63) is 202 Å². The molecule has 15 N–H and O–H groups in total. The van der Waals surface area contributed by atoms with Crippen LogP contribution in [0.3, 0.4) is 0 Å². The van der Waals surface area contributed by atoms with Crippen LogP contribution in [-0.2, 0) is 77.9 Å². The molecule has 19 heterocycles. The van der Waals surface area contributed by atoms with Gasteiger partial charge >= 0.3 is 0 Å². The Balaban J connectivity index is 0.000000113. The zero-order valence-corrected chi connectivity index (χ0v) is 84.3. The fourth-order valence-electron chi connectivity index (χ4n) is 17.8. The van der Waals surface area contributed by atoms with Gasteiger partial charge in [-0.05, 0) is 130 Å². The predicted molar refractivity (Wildman–Crippen MR) is 558 cm³/mol. The molecule has 0 aliphatic carbocycles. The third kappa shape index (κ3) is 20.4. The van der Waals surface area contributed by atoms with Gasteiger partial charge in [0.15, 0.2) is 39.7 Å². The van der Waals surface area contributed by atoms with Gasteiger partial charge in [0.05, 0.1) is 167 Å². The maximum absolute atomic E-state index is 12.9. The molecule has 5 aliphatic heterocycles. The number of oxazole rings is 1. The van der Waals surface area contributed by atoms with Crippen LogP contribution in [0.2, 0.25) is 0 Å². The molecule has 0 radical (unpaired) electrons. The number of amides is 5. The Bertz CT molecular complexity index is 8030. The molecule has 24 rings (SSSR count). The van der Waals surface area contributed by atoms with Gasteiger partial charge in [-0.1, -0.05) is 6.07 Å². The number of aryl methyl sites for hydroxylation is 4. The van der Waals surface area contributed by atoms with E-state index in [1.807, 2.05) is 163 Å². The molecule has 50 nitrogen and oxygen atoms in total. The highest BCUT2D eigenvalue weighted by atomic mass is 16.5. The van der Waals surface area contributed by atoms with Crippen LogP contribution < -0.4 is 84.5 Å². The van der Waals surface area contributed by atoms with E-state index < -0.39 is 0 Å². The Labute approximate surface area is 848 Å². The summed E-state index contributed by atoms with van der Waals surface area (Å²) in [4.78, 5) is 102. The van der Waals surface area contributed by atoms with Crippen molar-refractivity contribution < 1.29 is 56.8 Å². The van der Waals surface area contributed by atoms with Gasteiger partial charge in [-0.2, -0.15) is 63.1 Å². The fraction of sp³-hybridized carbons (Fsp3) is 0.313. The lowest BCUT2D eigenvalue weighted by Crippen LogP contribution is -2.41. The summed E-state index contributed by atoms with van der Waals surface area (Å²) in [5.41, 5.74) is 19.5. The minimum absolute atomic E-state index is 0.166. The number of methoxy groups -OCH3 is 1. The Morgan fingerprint density at radius 1 is 0.369 bits per heavy atom. The van der Waals surface area contributed by atoms with Crippen molar-refractivity contribution in [1.29, 1.82) is 0 Å². The standard InChI is InChI=1S/2C20H22N8O2.C20H21N7O3.C20H24N6O3.C19H21N9O2/c1-11-8-30-9-12-4-14(18-15(5-12)27(3)10-22-18)25-16-6-17(21-2)28-19(26-16)13(7-23-28)20(29)24-11;1-11-8-30-9-12-4-14-18(27(3)10-22-14)15(5-12)25-16-6-17(21-2)28-19(26-16)13(7-23-28)20(29)24-11;1-10-8-29-9-12-4-14-18(30-11(2)24-14)15(5-12)25-16-6-17(21-3)27-19(26-16)13(7-22-27)20(28)23-10;1-11-12(2)29-10-13-5-6-16(28-4)15(7-13)24-17-8-18(21-3)26-19(25-17)14(9-22-26)20(27)23-11;1-10-8-30-9-11-4-13(17-14(5-11)25-27(3)26-17)23-15-6-16(20-2)28-18(24-15)12(7-21-28)19(29)22-10/h2*4-7,10-11,21H,8-9H2,1-3H3,(H,24,29)(H,25,26);4-7,10,21H,8-9H2,1-3H3,(H,23,28)(H,25,26);5-9,11-12,21H,10H2,1-4H3,(H,23,27)(H,24,25);4-7,10,20H,8-9H2,1-3H3,(H,22,29)(H,23,24)/t2*11-;10-;11-,12?;10-/m11111/s1. The maximum Gasteiger partial charge on any atom is 0.257 e. The lowest BCUT2D eigenvalue weighted by molar-refractivity contribution is 0.0303. The number of nitrogens with zero attached hydrogens (tertiary/aromatic N) is 23. The first-order valence-corrected chi connectivity index (χ1v) is 48.0. The molecule has 5 aromatic carbocycles. The van der Waals surface area contributed by atoms with Crippen molar-refractivity contribution in [1.82, 2.24) is 139 Å². The van der Waals surface area contributed by atoms with Gasteiger partial charge in [0.1, 0.15) is 114 Å². The maximum atomic E-state index is 12.9. The number of hydrogen-bond acceptors (Lipinski definition) is 37. The molecule has 5 amide bonds. The first-order valence-electron chi connectivity index (χ1n) is 48.0. The number of imidazole rings is 2. The summed E-state index contributed by atoms with van der Waals surface area (Å²) >= 11 is 0. The summed E-state index contributed by atoms with van der Waals surface area (Å²) in [5.74, 6) is 6.34. The molecule has 0 saturated carbocycles. The van der Waals surface area contributed by atoms with E-state index >= 15 is 0 Å². The summed E-state index contributed by atoms with van der Waals surface area (Å²) in [6.45, 7) is 16.8. The number of carbonyl (C=O) groups is 5. The SMILES string of the molecule is CNc1cc2nc3c(cnn13)C(=O)N[C@H](C)C(C)OCc1ccc(OC)c(c1)N2.CNc1cc2nc3c(cnn13)C(=O)N[C@H](C)COCc1cc(c3c(c1)ncn3C)N2.CNc1cc2nc3c(cnn13)C(=O)N[C@H](C)COCc1cc(c3ncn(C)c3c1)N2.CNc1cc2nc3c(cnn13)C(=O)N[C@H](C)COCc1cc(c3nn(C)nc3c1)N2.CNc1cc2nc3c(cnn13)C(=O)N[C@H](C)COCc1cc(c3oc(C)nc3c1)N2. The normalized spacial score (nSPS) is 17.5. The van der Waals surface area contributed by atoms with Gasteiger partial charge in [0.2, 0.25) is 0 Å². The third-order valence-electron chi connectivity index (χ3n) is 25.1. The van der Waals surface area contributed by atoms with Crippen LogP contribution in [0.1, 0.15) is 127 Å². The first kappa shape index (κ1) is 98.4. The van der Waals surface area contributed by atoms with Crippen molar-refractivity contribution in [2.45, 2.75) is 118 Å². The predicted octanol–water partition coefficient (Wildman–Crippen LogP) is 10.7. The van der Waals surface area contributed by atoms with E-state index in [2.05, 4.69) is 161 Å². The molecule has 5 aliphatic rings. The lowest BCUT2D eigenvalue weighted by Gasteiger charge is -2.22. The first-order chi connectivity index (χ1) is 72.1. The summed E-state index contributed by atoms with van der Waals surface area (Å²) in [5, 5.41) is 77.5. The van der Waals surface area contributed by atoms with Crippen LogP contribution in [0.4, 0.5) is 86.6 Å². The second kappa shape index (κ2) is 41.6. The van der Waals surface area contributed by atoms with Gasteiger partial charge in [-0.3, -0.25) is 24.0 Å². The van der Waals surface area contributed by atoms with Crippen molar-refractivity contribution >= 4 is 189 Å². The van der Waals surface area contributed by atoms with Crippen LogP contribution in [0.25, 0.3) is 72.4 Å². The van der Waals surface area contributed by atoms with Gasteiger partial charge in [-0.25, -0.2) is 39.9 Å². The number of ether oxygens (including phenoxy) is 6. The molecular weight excluding hydrogens is 1910 g/mol. The van der Waals surface area contributed by atoms with Gasteiger partial charge in [0.25, 0.3) is 29.5 Å². The highest BCUT2D eigenvalue weighted by Gasteiger charge is 2.30. The molecule has 50 heteroatoms. The van der Waals surface area contributed by atoms with E-state index in [9.17, 15) is 24.0 Å². The van der Waals surface area contributed by atoms with Crippen molar-refractivity contribution in [2.24, 2.45) is 21.1 Å². The molecule has 768 valence electrons. The summed E-state index contributed by atoms with van der Waals surface area (Å²) in [7, 11) is 16.3. The van der Waals surface area contributed by atoms with E-state index in [0.717, 1.165) is 94.9 Å². The van der Waals surface area contributed by atoms with Crippen molar-refractivity contribution in [3.8, 4) is 5.75 Å². The molecule has 20 bridgehead atoms. The van der Waals surface area contributed by atoms with Crippen LogP contribution in [0.5, 0.6) is 5.75 Å². The molecule has 14 aromatic heterocycles. The average molecular weight is 2020 g/mol. The minimum Gasteiger partial charge on any atom is -0.495 e. The number of hydrogen-bond donors (Lipinski definition) is 15. The summed E-state index contributed by atoms with van der Waals surface area (Å²) in [6, 6.07) is 30.1. The fourth-order valence-corrected chi connectivity index (χ4v) is 17.8. The highest BCUT2D eigenvalue weighted by molar-refractivity contribution is 6.05. The van der Waals surface area contributed by atoms with E-state index in [1.54, 1.807) is 84.6 Å². The second-order valence-electron chi connectivity index (χ2n) is 36.5. The smallest absolute Gasteiger partial charge is 0.257 e. The minimum atomic E-state index is -0.253. The molecule has 0 fully saturated rings. The highest BCUT2D eigenvalue weighted by Crippen LogP contribution is 2.38. The Hall–Kier alpha value is -18.0. The molecule has 149 heavy (non-hydrogen) atoms. The largest absolute Gasteiger partial charge is 0.495 e. The Morgan fingerprint density at radius 3 is 1.16 bits per heavy atom. The third-order valence-corrected chi connectivity index (χ3v) is 25.1. The van der Waals surface area contributed by atoms with Crippen molar-refractivity contribution in [3.63, 3.8) is 0 Å². The molecule has 0 spiro atoms. The Morgan fingerprint density at radius 2 is 0.732 bits per heavy atom. The van der Waals surface area contributed by atoms with Crippen molar-refractivity contribution in [2.75, 3.05) is 122 Å². The average Bonchev–Trinajstić information content (AvgIpc) is 1.66. The van der Waals surface area contributed by atoms with E-state index in [1.165, 1.54) is 35.8 Å². The molecule has 19 aromatic rings. The summed E-state index contributed by atoms with van der Waals surface area (Å²) < 4.78 is 52.6. The van der Waals surface area contributed by atoms with E-state index in [0.29, 0.717) is 191 Å². The van der Waals surface area contributed by atoms with Crippen LogP contribution in [0, 0.1) is 6.92 Å². The molecule has 0 saturated heterocycles. The second-order valence-corrected chi connectivity index (χ2v) is 36.5. The monoisotopic (exact) mass is 2020 g/mol. The van der Waals surface area contributed by atoms with Gasteiger partial charge in [0, 0.05) is 118 Å². The quantitative estimate of drug-likeness (QED) is 0.0735. The van der Waals surface area contributed by atoms with E-state index in [4.69, 9.17) is 32.8 Å². The van der Waals surface area contributed by atoms with Crippen LogP contribution in [0.15, 0.2) is 145 Å². The van der Waals surface area contributed by atoms with Gasteiger partial charge < -0.3 is 122 Å². The zero-order valence-electron chi connectivity index (χ0n) is 84.3. The topological polar surface area (TPSA) is 565 Å². The number of benzene rings is 5. The van der Waals surface area contributed by atoms with E-state index in [-0.39, 0.29) is 65.8 Å². The number of rotatable bonds is 6. The van der Waals surface area contributed by atoms with Gasteiger partial charge in [-0.15, -0.1) is 0 Å². The van der Waals surface area contributed by atoms with Crippen LogP contribution >= 0.6 is 0 Å². The molecule has 6 atom stereocenters. The van der Waals surface area contributed by atoms with Crippen LogP contribution in [-0.4, -0.2) is 247 Å².